The summed E-state index contributed by atoms with van der Waals surface area (Å²) in [6, 6.07) is 5.82. The molecule has 0 radical (unpaired) electrons. The van der Waals surface area contributed by atoms with Gasteiger partial charge < -0.3 is 10.6 Å². The van der Waals surface area contributed by atoms with Crippen LogP contribution in [0.5, 0.6) is 0 Å². The number of nitrogens with one attached hydrogen (secondary N) is 2. The lowest BCUT2D eigenvalue weighted by molar-refractivity contribution is 0.962. The number of aryl methyl sites for hydroxylation is 1. The third-order valence-electron chi connectivity index (χ3n) is 2.71. The average Bonchev–Trinajstić information content (AvgIpc) is 2.44. The molecule has 1 aromatic carbocycles. The topological polar surface area (TPSA) is 49.8 Å². The average molecular weight is 356 g/mol. The molecule has 4 nitrogen and oxygen atoms in total. The third kappa shape index (κ3) is 3.61. The Morgan fingerprint density at radius 2 is 2.00 bits per heavy atom. The second kappa shape index (κ2) is 6.90. The Morgan fingerprint density at radius 1 is 1.25 bits per heavy atom. The van der Waals surface area contributed by atoms with E-state index in [0.717, 1.165) is 34.5 Å². The van der Waals surface area contributed by atoms with Crippen molar-refractivity contribution in [2.24, 2.45) is 0 Å². The fourth-order valence-corrected chi connectivity index (χ4v) is 2.29. The smallest absolute Gasteiger partial charge is 0.150 e. The van der Waals surface area contributed by atoms with Crippen molar-refractivity contribution in [1.82, 2.24) is 9.97 Å². The number of rotatable bonds is 5. The molecule has 106 valence electrons. The first-order valence-corrected chi connectivity index (χ1v) is 7.56. The van der Waals surface area contributed by atoms with Gasteiger partial charge in [-0.1, -0.05) is 24.6 Å². The van der Waals surface area contributed by atoms with Crippen LogP contribution in [-0.4, -0.2) is 16.5 Å². The van der Waals surface area contributed by atoms with E-state index in [2.05, 4.69) is 43.5 Å². The van der Waals surface area contributed by atoms with E-state index in [1.807, 2.05) is 25.1 Å². The highest BCUT2D eigenvalue weighted by molar-refractivity contribution is 9.10. The molecular weight excluding hydrogens is 340 g/mol. The van der Waals surface area contributed by atoms with Gasteiger partial charge in [-0.05, 0) is 47.0 Å². The fraction of sp³-hybridized carbons (Fsp3) is 0.286. The Kier molecular flexibility index (Phi) is 5.20. The predicted molar refractivity (Wildman–Crippen MR) is 88.0 cm³/mol. The Labute approximate surface area is 132 Å². The summed E-state index contributed by atoms with van der Waals surface area (Å²) < 4.78 is 0.797. The lowest BCUT2D eigenvalue weighted by Crippen LogP contribution is -2.05. The Morgan fingerprint density at radius 3 is 2.75 bits per heavy atom. The van der Waals surface area contributed by atoms with Gasteiger partial charge in [0.2, 0.25) is 0 Å². The lowest BCUT2D eigenvalue weighted by Gasteiger charge is -2.12. The first kappa shape index (κ1) is 15.1. The Bertz CT molecular complexity index is 604. The number of aromatic nitrogens is 2. The SMILES string of the molecule is CCCNc1ncnc(Nc2cc(C)ccc2Cl)c1Br. The molecule has 0 aliphatic rings. The molecule has 0 spiro atoms. The molecule has 0 aliphatic carbocycles. The van der Waals surface area contributed by atoms with E-state index in [1.165, 1.54) is 6.33 Å². The minimum absolute atomic E-state index is 0.657. The fourth-order valence-electron chi connectivity index (χ4n) is 1.69. The predicted octanol–water partition coefficient (Wildman–Crippen LogP) is 4.77. The molecule has 0 amide bonds. The minimum atomic E-state index is 0.657. The molecular formula is C14H16BrClN4. The molecule has 0 saturated carbocycles. The van der Waals surface area contributed by atoms with Crippen molar-refractivity contribution < 1.29 is 0 Å². The van der Waals surface area contributed by atoms with Gasteiger partial charge >= 0.3 is 0 Å². The largest absolute Gasteiger partial charge is 0.369 e. The molecule has 0 atom stereocenters. The normalized spacial score (nSPS) is 10.4. The molecule has 0 aliphatic heterocycles. The number of hydrogen-bond donors (Lipinski definition) is 2. The van der Waals surface area contributed by atoms with Crippen LogP contribution >= 0.6 is 27.5 Å². The van der Waals surface area contributed by atoms with Gasteiger partial charge in [-0.15, -0.1) is 0 Å². The van der Waals surface area contributed by atoms with Gasteiger partial charge in [-0.25, -0.2) is 9.97 Å². The summed E-state index contributed by atoms with van der Waals surface area (Å²) in [5.74, 6) is 1.46. The van der Waals surface area contributed by atoms with Gasteiger partial charge in [0.05, 0.1) is 10.7 Å². The summed E-state index contributed by atoms with van der Waals surface area (Å²) in [7, 11) is 0. The monoisotopic (exact) mass is 354 g/mol. The highest BCUT2D eigenvalue weighted by Crippen LogP contribution is 2.32. The highest BCUT2D eigenvalue weighted by atomic mass is 79.9. The second-order valence-electron chi connectivity index (χ2n) is 4.42. The number of hydrogen-bond acceptors (Lipinski definition) is 4. The Hall–Kier alpha value is -1.33. The van der Waals surface area contributed by atoms with Crippen LogP contribution in [0, 0.1) is 6.92 Å². The van der Waals surface area contributed by atoms with E-state index in [9.17, 15) is 0 Å². The maximum absolute atomic E-state index is 6.19. The molecule has 1 heterocycles. The van der Waals surface area contributed by atoms with E-state index < -0.39 is 0 Å². The molecule has 0 fully saturated rings. The first-order valence-electron chi connectivity index (χ1n) is 6.39. The van der Waals surface area contributed by atoms with Gasteiger partial charge in [0, 0.05) is 6.54 Å². The summed E-state index contributed by atoms with van der Waals surface area (Å²) in [6.07, 6.45) is 2.55. The van der Waals surface area contributed by atoms with Crippen LogP contribution in [0.1, 0.15) is 18.9 Å². The first-order chi connectivity index (χ1) is 9.61. The second-order valence-corrected chi connectivity index (χ2v) is 5.62. The van der Waals surface area contributed by atoms with Crippen LogP contribution < -0.4 is 10.6 Å². The van der Waals surface area contributed by atoms with Crippen molar-refractivity contribution in [3.8, 4) is 0 Å². The summed E-state index contributed by atoms with van der Waals surface area (Å²) in [4.78, 5) is 8.46. The molecule has 20 heavy (non-hydrogen) atoms. The van der Waals surface area contributed by atoms with Gasteiger partial charge in [0.1, 0.15) is 22.4 Å². The van der Waals surface area contributed by atoms with Gasteiger partial charge in [-0.2, -0.15) is 0 Å². The highest BCUT2D eigenvalue weighted by Gasteiger charge is 2.10. The summed E-state index contributed by atoms with van der Waals surface area (Å²) in [5, 5.41) is 7.13. The van der Waals surface area contributed by atoms with Gasteiger partial charge in [0.15, 0.2) is 0 Å². The molecule has 0 unspecified atom stereocenters. The maximum Gasteiger partial charge on any atom is 0.150 e. The standard InChI is InChI=1S/C14H16BrClN4/c1-3-6-17-13-12(15)14(19-8-18-13)20-11-7-9(2)4-5-10(11)16/h4-5,7-8H,3,6H2,1-2H3,(H2,17,18,19,20). The van der Waals surface area contributed by atoms with Crippen LogP contribution in [-0.2, 0) is 0 Å². The van der Waals surface area contributed by atoms with E-state index in [1.54, 1.807) is 0 Å². The van der Waals surface area contributed by atoms with Crippen LogP contribution in [0.2, 0.25) is 5.02 Å². The molecule has 2 rings (SSSR count). The van der Waals surface area contributed by atoms with Crippen LogP contribution in [0.3, 0.4) is 0 Å². The lowest BCUT2D eigenvalue weighted by atomic mass is 10.2. The minimum Gasteiger partial charge on any atom is -0.369 e. The van der Waals surface area contributed by atoms with Gasteiger partial charge in [-0.3, -0.25) is 0 Å². The molecule has 2 aromatic rings. The van der Waals surface area contributed by atoms with Crippen molar-refractivity contribution in [1.29, 1.82) is 0 Å². The molecule has 0 saturated heterocycles. The van der Waals surface area contributed by atoms with Crippen molar-refractivity contribution in [2.45, 2.75) is 20.3 Å². The van der Waals surface area contributed by atoms with Crippen LogP contribution in [0.4, 0.5) is 17.3 Å². The molecule has 2 N–H and O–H groups in total. The number of benzene rings is 1. The van der Waals surface area contributed by atoms with Crippen LogP contribution in [0.25, 0.3) is 0 Å². The maximum atomic E-state index is 6.19. The summed E-state index contributed by atoms with van der Waals surface area (Å²) in [6.45, 7) is 4.98. The zero-order valence-corrected chi connectivity index (χ0v) is 13.7. The molecule has 1 aromatic heterocycles. The number of halogens is 2. The van der Waals surface area contributed by atoms with Crippen LogP contribution in [0.15, 0.2) is 29.0 Å². The van der Waals surface area contributed by atoms with E-state index in [-0.39, 0.29) is 0 Å². The molecule has 6 heteroatoms. The van der Waals surface area contributed by atoms with E-state index in [0.29, 0.717) is 10.8 Å². The Balaban J connectivity index is 2.27. The molecule has 0 bridgehead atoms. The number of anilines is 3. The summed E-state index contributed by atoms with van der Waals surface area (Å²) >= 11 is 9.70. The van der Waals surface area contributed by atoms with Crippen molar-refractivity contribution >= 4 is 44.9 Å². The van der Waals surface area contributed by atoms with E-state index >= 15 is 0 Å². The third-order valence-corrected chi connectivity index (χ3v) is 3.79. The van der Waals surface area contributed by atoms with E-state index in [4.69, 9.17) is 11.6 Å². The van der Waals surface area contributed by atoms with Crippen molar-refractivity contribution in [2.75, 3.05) is 17.2 Å². The zero-order valence-electron chi connectivity index (χ0n) is 11.4. The summed E-state index contributed by atoms with van der Waals surface area (Å²) in [5.41, 5.74) is 1.96. The quantitative estimate of drug-likeness (QED) is 0.811. The van der Waals surface area contributed by atoms with Crippen molar-refractivity contribution in [3.63, 3.8) is 0 Å². The number of nitrogens with zero attached hydrogens (tertiary/aromatic N) is 2. The van der Waals surface area contributed by atoms with Crippen molar-refractivity contribution in [3.05, 3.63) is 39.6 Å². The zero-order chi connectivity index (χ0) is 14.5. The van der Waals surface area contributed by atoms with Gasteiger partial charge in [0.25, 0.3) is 0 Å².